The molecule has 0 aliphatic rings. The number of nitrogens with zero attached hydrogens (tertiary/aromatic N) is 1. The molecule has 0 saturated carbocycles. The molecular weight excluding hydrogens is 226 g/mol. The van der Waals surface area contributed by atoms with Gasteiger partial charge >= 0.3 is 5.97 Å². The molecule has 1 rings (SSSR count). The van der Waals surface area contributed by atoms with E-state index in [1.165, 1.54) is 13.0 Å². The fourth-order valence-corrected chi connectivity index (χ4v) is 0.947. The number of ether oxygens (including phenoxy) is 1. The van der Waals surface area contributed by atoms with Crippen LogP contribution < -0.4 is 0 Å². The van der Waals surface area contributed by atoms with Crippen LogP contribution in [0, 0.1) is 11.3 Å². The van der Waals surface area contributed by atoms with Crippen molar-refractivity contribution in [3.63, 3.8) is 0 Å². The molecule has 18 heavy (non-hydrogen) atoms. The third kappa shape index (κ3) is 9.94. The first-order valence-corrected chi connectivity index (χ1v) is 5.26. The van der Waals surface area contributed by atoms with Crippen LogP contribution in [0.1, 0.15) is 12.5 Å². The van der Waals surface area contributed by atoms with Crippen molar-refractivity contribution < 1.29 is 9.53 Å². The Balaban J connectivity index is 0.000000411. The molecule has 0 radical (unpaired) electrons. The van der Waals surface area contributed by atoms with E-state index in [2.05, 4.69) is 11.3 Å². The summed E-state index contributed by atoms with van der Waals surface area (Å²) < 4.78 is 4.17. The molecule has 0 aromatic heterocycles. The zero-order valence-corrected chi connectivity index (χ0v) is 10.2. The van der Waals surface area contributed by atoms with Gasteiger partial charge < -0.3 is 4.74 Å². The van der Waals surface area contributed by atoms with Crippen molar-refractivity contribution in [2.45, 2.75) is 6.92 Å². The predicted molar refractivity (Wildman–Crippen MR) is 72.2 cm³/mol. The van der Waals surface area contributed by atoms with Gasteiger partial charge in [-0.1, -0.05) is 55.1 Å². The lowest BCUT2D eigenvalue weighted by Crippen LogP contribution is -1.87. The van der Waals surface area contributed by atoms with Gasteiger partial charge in [0.15, 0.2) is 0 Å². The predicted octanol–water partition coefficient (Wildman–Crippen LogP) is 3.47. The molecule has 0 bridgehead atoms. The molecular formula is C15H15NO2. The second-order valence-corrected chi connectivity index (χ2v) is 3.03. The van der Waals surface area contributed by atoms with Gasteiger partial charge in [0.1, 0.15) is 0 Å². The number of allylic oxidation sites excluding steroid dienone is 3. The van der Waals surface area contributed by atoms with E-state index in [4.69, 9.17) is 5.26 Å². The van der Waals surface area contributed by atoms with Crippen LogP contribution in [-0.4, -0.2) is 5.97 Å². The van der Waals surface area contributed by atoms with Gasteiger partial charge in [0.25, 0.3) is 0 Å². The maximum absolute atomic E-state index is 9.75. The summed E-state index contributed by atoms with van der Waals surface area (Å²) in [5.41, 5.74) is 1.14. The maximum Gasteiger partial charge on any atom is 0.307 e. The van der Waals surface area contributed by atoms with Gasteiger partial charge in [-0.25, -0.2) is 0 Å². The summed E-state index contributed by atoms with van der Waals surface area (Å²) >= 11 is 0. The molecule has 92 valence electrons. The zero-order chi connectivity index (χ0) is 13.6. The third-order valence-corrected chi connectivity index (χ3v) is 1.62. The largest absolute Gasteiger partial charge is 0.435 e. The third-order valence-electron chi connectivity index (χ3n) is 1.62. The number of hydrogen-bond donors (Lipinski definition) is 0. The van der Waals surface area contributed by atoms with Gasteiger partial charge in [0, 0.05) is 13.0 Å². The Morgan fingerprint density at radius 1 is 1.33 bits per heavy atom. The molecule has 0 fully saturated rings. The number of nitriles is 1. The maximum atomic E-state index is 9.75. The SMILES string of the molecule is C=COC(C)=O.N#CC=CC=Cc1ccccc1. The van der Waals surface area contributed by atoms with Gasteiger partial charge in [-0.05, 0) is 5.56 Å². The van der Waals surface area contributed by atoms with Crippen molar-refractivity contribution in [3.8, 4) is 6.07 Å². The summed E-state index contributed by atoms with van der Waals surface area (Å²) in [6.45, 7) is 4.48. The molecule has 0 aliphatic carbocycles. The Labute approximate surface area is 107 Å². The standard InChI is InChI=1S/C11H9N.C4H6O2/c12-10-6-2-5-9-11-7-3-1-4-8-11;1-3-6-4(2)5/h1-9H;3H,1H2,2H3. The van der Waals surface area contributed by atoms with E-state index in [0.717, 1.165) is 11.8 Å². The highest BCUT2D eigenvalue weighted by Gasteiger charge is 1.79. The minimum Gasteiger partial charge on any atom is -0.435 e. The van der Waals surface area contributed by atoms with E-state index in [9.17, 15) is 4.79 Å². The summed E-state index contributed by atoms with van der Waals surface area (Å²) in [6, 6.07) is 11.9. The molecule has 0 saturated heterocycles. The van der Waals surface area contributed by atoms with Crippen LogP contribution in [0.15, 0.2) is 61.4 Å². The second kappa shape index (κ2) is 10.9. The Morgan fingerprint density at radius 2 is 2.00 bits per heavy atom. The van der Waals surface area contributed by atoms with Crippen molar-refractivity contribution >= 4 is 12.0 Å². The topological polar surface area (TPSA) is 50.1 Å². The molecule has 0 unspecified atom stereocenters. The normalized spacial score (nSPS) is 9.33. The zero-order valence-electron chi connectivity index (χ0n) is 10.2. The van der Waals surface area contributed by atoms with Crippen LogP contribution in [0.25, 0.3) is 6.08 Å². The first-order valence-electron chi connectivity index (χ1n) is 5.26. The summed E-state index contributed by atoms with van der Waals surface area (Å²) in [7, 11) is 0. The monoisotopic (exact) mass is 241 g/mol. The molecule has 3 nitrogen and oxygen atoms in total. The fourth-order valence-electron chi connectivity index (χ4n) is 0.947. The van der Waals surface area contributed by atoms with Crippen LogP contribution in [0.3, 0.4) is 0 Å². The number of benzene rings is 1. The van der Waals surface area contributed by atoms with E-state index in [1.807, 2.05) is 48.6 Å². The van der Waals surface area contributed by atoms with Gasteiger partial charge in [-0.15, -0.1) is 0 Å². The Bertz CT molecular complexity index is 453. The highest BCUT2D eigenvalue weighted by Crippen LogP contribution is 2.00. The number of hydrogen-bond acceptors (Lipinski definition) is 3. The van der Waals surface area contributed by atoms with Crippen molar-refractivity contribution in [2.24, 2.45) is 0 Å². The highest BCUT2D eigenvalue weighted by atomic mass is 16.5. The molecule has 1 aromatic carbocycles. The first kappa shape index (κ1) is 15.4. The molecule has 0 aliphatic heterocycles. The quantitative estimate of drug-likeness (QED) is 0.352. The van der Waals surface area contributed by atoms with Gasteiger partial charge in [-0.3, -0.25) is 4.79 Å². The molecule has 3 heteroatoms. The average Bonchev–Trinajstić information content (AvgIpc) is 2.37. The smallest absolute Gasteiger partial charge is 0.307 e. The molecule has 1 aromatic rings. The number of carbonyl (C=O) groups is 1. The highest BCUT2D eigenvalue weighted by molar-refractivity contribution is 5.66. The van der Waals surface area contributed by atoms with Gasteiger partial charge in [0.05, 0.1) is 12.3 Å². The molecule has 0 N–H and O–H groups in total. The van der Waals surface area contributed by atoms with Crippen LogP contribution >= 0.6 is 0 Å². The molecule has 0 spiro atoms. The lowest BCUT2D eigenvalue weighted by Gasteiger charge is -1.87. The van der Waals surface area contributed by atoms with E-state index < -0.39 is 0 Å². The van der Waals surface area contributed by atoms with Crippen LogP contribution in [-0.2, 0) is 9.53 Å². The Kier molecular flexibility index (Phi) is 9.33. The lowest BCUT2D eigenvalue weighted by atomic mass is 10.2. The van der Waals surface area contributed by atoms with E-state index in [1.54, 1.807) is 6.08 Å². The second-order valence-electron chi connectivity index (χ2n) is 3.03. The average molecular weight is 241 g/mol. The van der Waals surface area contributed by atoms with Crippen LogP contribution in [0.5, 0.6) is 0 Å². The number of esters is 1. The van der Waals surface area contributed by atoms with Crippen molar-refractivity contribution in [1.29, 1.82) is 5.26 Å². The summed E-state index contributed by atoms with van der Waals surface area (Å²) in [4.78, 5) is 9.75. The summed E-state index contributed by atoms with van der Waals surface area (Å²) in [5, 5.41) is 8.19. The fraction of sp³-hybridized carbons (Fsp3) is 0.0667. The first-order chi connectivity index (χ1) is 8.70. The van der Waals surface area contributed by atoms with Crippen molar-refractivity contribution in [2.75, 3.05) is 0 Å². The summed E-state index contributed by atoms with van der Waals surface area (Å²) in [5.74, 6) is -0.329. The van der Waals surface area contributed by atoms with Crippen molar-refractivity contribution in [1.82, 2.24) is 0 Å². The van der Waals surface area contributed by atoms with E-state index >= 15 is 0 Å². The van der Waals surface area contributed by atoms with Gasteiger partial charge in [-0.2, -0.15) is 5.26 Å². The minimum atomic E-state index is -0.329. The minimum absolute atomic E-state index is 0.329. The molecule has 0 amide bonds. The molecule has 0 atom stereocenters. The van der Waals surface area contributed by atoms with E-state index in [-0.39, 0.29) is 5.97 Å². The Morgan fingerprint density at radius 3 is 2.44 bits per heavy atom. The number of carbonyl (C=O) groups excluding carboxylic acids is 1. The lowest BCUT2D eigenvalue weighted by molar-refractivity contribution is -0.135. The Hall–Kier alpha value is -2.60. The molecule has 0 heterocycles. The summed E-state index contributed by atoms with van der Waals surface area (Å²) in [6.07, 6.45) is 8.06. The van der Waals surface area contributed by atoms with Gasteiger partial charge in [0.2, 0.25) is 0 Å². The van der Waals surface area contributed by atoms with E-state index in [0.29, 0.717) is 0 Å². The van der Waals surface area contributed by atoms with Crippen molar-refractivity contribution in [3.05, 3.63) is 67.0 Å². The van der Waals surface area contributed by atoms with Crippen LogP contribution in [0.2, 0.25) is 0 Å². The van der Waals surface area contributed by atoms with Crippen LogP contribution in [0.4, 0.5) is 0 Å². The number of rotatable bonds is 3.